The number of rotatable bonds is 1. The molecule has 102 valence electrons. The van der Waals surface area contributed by atoms with Crippen LogP contribution in [0.25, 0.3) is 16.7 Å². The molecule has 0 bridgehead atoms. The number of hydrogen-bond acceptors (Lipinski definition) is 1. The molecular weight excluding hydrogens is 280 g/mol. The molecule has 21 heavy (non-hydrogen) atoms. The van der Waals surface area contributed by atoms with E-state index in [0.717, 1.165) is 46.2 Å². The van der Waals surface area contributed by atoms with Gasteiger partial charge in [-0.15, -0.1) is 0 Å². The zero-order chi connectivity index (χ0) is 14.4. The Balaban J connectivity index is 1.99. The van der Waals surface area contributed by atoms with Crippen LogP contribution in [0.2, 0.25) is 5.02 Å². The van der Waals surface area contributed by atoms with Crippen molar-refractivity contribution in [1.82, 2.24) is 0 Å². The minimum atomic E-state index is 0.145. The van der Waals surface area contributed by atoms with E-state index in [1.54, 1.807) is 0 Å². The molecule has 0 heterocycles. The average Bonchev–Trinajstić information content (AvgIpc) is 2.81. The normalized spacial score (nSPS) is 16.1. The van der Waals surface area contributed by atoms with E-state index in [2.05, 4.69) is 12.2 Å². The number of carbonyl (C=O) groups excluding carboxylic acids is 1. The summed E-state index contributed by atoms with van der Waals surface area (Å²) in [6.07, 6.45) is 6.21. The van der Waals surface area contributed by atoms with E-state index in [4.69, 9.17) is 11.6 Å². The average molecular weight is 293 g/mol. The molecular formula is C19H13ClO. The van der Waals surface area contributed by atoms with Crippen molar-refractivity contribution in [3.8, 4) is 11.1 Å². The Kier molecular flexibility index (Phi) is 2.83. The molecule has 0 N–H and O–H groups in total. The van der Waals surface area contributed by atoms with Crippen LogP contribution in [-0.2, 0) is 0 Å². The van der Waals surface area contributed by atoms with E-state index in [-0.39, 0.29) is 5.78 Å². The third-order valence-electron chi connectivity index (χ3n) is 4.12. The first-order chi connectivity index (χ1) is 10.3. The molecule has 0 spiro atoms. The lowest BCUT2D eigenvalue weighted by atomic mass is 9.95. The standard InChI is InChI=1S/C19H13ClO/c20-13-6-3-5-12(11-13)14-9-4-10-16-15-7-1-2-8-17(15)19(21)18(14)16/h3-11H,1-2H2. The van der Waals surface area contributed by atoms with Gasteiger partial charge in [0.05, 0.1) is 0 Å². The van der Waals surface area contributed by atoms with Gasteiger partial charge in [0.1, 0.15) is 0 Å². The van der Waals surface area contributed by atoms with Crippen LogP contribution in [0.15, 0.2) is 60.2 Å². The molecule has 2 aliphatic rings. The van der Waals surface area contributed by atoms with Gasteiger partial charge in [0, 0.05) is 16.2 Å². The van der Waals surface area contributed by atoms with E-state index in [1.807, 2.05) is 42.5 Å². The highest BCUT2D eigenvalue weighted by atomic mass is 35.5. The van der Waals surface area contributed by atoms with Gasteiger partial charge in [-0.1, -0.05) is 54.1 Å². The highest BCUT2D eigenvalue weighted by Gasteiger charge is 2.32. The Morgan fingerprint density at radius 1 is 0.857 bits per heavy atom. The summed E-state index contributed by atoms with van der Waals surface area (Å²) in [6.45, 7) is 0. The SMILES string of the molecule is O=C1C2=CCCC=C2c2cccc(-c3cccc(Cl)c3)c21. The molecule has 0 aliphatic heterocycles. The van der Waals surface area contributed by atoms with E-state index < -0.39 is 0 Å². The van der Waals surface area contributed by atoms with Gasteiger partial charge < -0.3 is 0 Å². The van der Waals surface area contributed by atoms with Crippen LogP contribution < -0.4 is 0 Å². The number of ketones is 1. The Labute approximate surface area is 128 Å². The molecule has 1 nitrogen and oxygen atoms in total. The molecule has 0 fully saturated rings. The molecule has 2 aromatic carbocycles. The molecule has 0 atom stereocenters. The first kappa shape index (κ1) is 12.6. The topological polar surface area (TPSA) is 17.1 Å². The number of Topliss-reactive ketones (excluding diaryl/α,β-unsaturated/α-hetero) is 1. The van der Waals surface area contributed by atoms with Gasteiger partial charge in [-0.05, 0) is 47.2 Å². The van der Waals surface area contributed by atoms with Gasteiger partial charge in [-0.2, -0.15) is 0 Å². The molecule has 4 rings (SSSR count). The van der Waals surface area contributed by atoms with Crippen LogP contribution >= 0.6 is 11.6 Å². The number of carbonyl (C=O) groups is 1. The predicted molar refractivity (Wildman–Crippen MR) is 86.5 cm³/mol. The van der Waals surface area contributed by atoms with Crippen molar-refractivity contribution < 1.29 is 4.79 Å². The molecule has 0 saturated heterocycles. The second-order valence-electron chi connectivity index (χ2n) is 5.38. The number of fused-ring (bicyclic) bond motifs is 3. The molecule has 2 heteroatoms. The van der Waals surface area contributed by atoms with Gasteiger partial charge in [0.15, 0.2) is 5.78 Å². The molecule has 0 amide bonds. The van der Waals surface area contributed by atoms with Crippen molar-refractivity contribution in [2.45, 2.75) is 12.8 Å². The Morgan fingerprint density at radius 2 is 1.57 bits per heavy atom. The number of allylic oxidation sites excluding steroid dienone is 4. The molecule has 0 radical (unpaired) electrons. The van der Waals surface area contributed by atoms with Crippen LogP contribution in [0.1, 0.15) is 28.8 Å². The van der Waals surface area contributed by atoms with Gasteiger partial charge in [-0.25, -0.2) is 0 Å². The maximum atomic E-state index is 12.8. The summed E-state index contributed by atoms with van der Waals surface area (Å²) in [6, 6.07) is 13.7. The summed E-state index contributed by atoms with van der Waals surface area (Å²) in [4.78, 5) is 12.8. The molecule has 0 aromatic heterocycles. The third-order valence-corrected chi connectivity index (χ3v) is 4.35. The smallest absolute Gasteiger partial charge is 0.194 e. The van der Waals surface area contributed by atoms with E-state index in [9.17, 15) is 4.79 Å². The van der Waals surface area contributed by atoms with Gasteiger partial charge in [-0.3, -0.25) is 4.79 Å². The second kappa shape index (κ2) is 4.71. The highest BCUT2D eigenvalue weighted by Crippen LogP contribution is 2.43. The fraction of sp³-hybridized carbons (Fsp3) is 0.105. The van der Waals surface area contributed by atoms with Crippen LogP contribution in [0.3, 0.4) is 0 Å². The largest absolute Gasteiger partial charge is 0.289 e. The minimum absolute atomic E-state index is 0.145. The van der Waals surface area contributed by atoms with Gasteiger partial charge in [0.2, 0.25) is 0 Å². The van der Waals surface area contributed by atoms with Gasteiger partial charge >= 0.3 is 0 Å². The maximum absolute atomic E-state index is 12.8. The quantitative estimate of drug-likeness (QED) is 0.696. The molecule has 0 saturated carbocycles. The summed E-state index contributed by atoms with van der Waals surface area (Å²) >= 11 is 6.10. The van der Waals surface area contributed by atoms with Crippen molar-refractivity contribution in [2.75, 3.05) is 0 Å². The lowest BCUT2D eigenvalue weighted by molar-refractivity contribution is 0.104. The third kappa shape index (κ3) is 1.89. The van der Waals surface area contributed by atoms with Crippen molar-refractivity contribution in [1.29, 1.82) is 0 Å². The van der Waals surface area contributed by atoms with Crippen molar-refractivity contribution in [3.63, 3.8) is 0 Å². The number of halogens is 1. The van der Waals surface area contributed by atoms with E-state index >= 15 is 0 Å². The Morgan fingerprint density at radius 3 is 2.38 bits per heavy atom. The van der Waals surface area contributed by atoms with E-state index in [0.29, 0.717) is 5.02 Å². The van der Waals surface area contributed by atoms with Crippen molar-refractivity contribution in [2.24, 2.45) is 0 Å². The van der Waals surface area contributed by atoms with Crippen LogP contribution in [0.4, 0.5) is 0 Å². The zero-order valence-electron chi connectivity index (χ0n) is 11.4. The minimum Gasteiger partial charge on any atom is -0.289 e. The second-order valence-corrected chi connectivity index (χ2v) is 5.82. The monoisotopic (exact) mass is 292 g/mol. The fourth-order valence-corrected chi connectivity index (χ4v) is 3.39. The van der Waals surface area contributed by atoms with Crippen molar-refractivity contribution >= 4 is 23.0 Å². The first-order valence-electron chi connectivity index (χ1n) is 7.10. The Bertz CT molecular complexity index is 827. The molecule has 0 unspecified atom stereocenters. The summed E-state index contributed by atoms with van der Waals surface area (Å²) in [5.74, 6) is 0.145. The van der Waals surface area contributed by atoms with Crippen molar-refractivity contribution in [3.05, 3.63) is 76.3 Å². The summed E-state index contributed by atoms with van der Waals surface area (Å²) in [5.41, 5.74) is 5.81. The van der Waals surface area contributed by atoms with Crippen LogP contribution in [0.5, 0.6) is 0 Å². The van der Waals surface area contributed by atoms with Crippen LogP contribution in [-0.4, -0.2) is 5.78 Å². The Hall–Kier alpha value is -2.12. The zero-order valence-corrected chi connectivity index (χ0v) is 12.2. The summed E-state index contributed by atoms with van der Waals surface area (Å²) < 4.78 is 0. The van der Waals surface area contributed by atoms with E-state index in [1.165, 1.54) is 0 Å². The maximum Gasteiger partial charge on any atom is 0.194 e. The predicted octanol–water partition coefficient (Wildman–Crippen LogP) is 5.31. The lowest BCUT2D eigenvalue weighted by Gasteiger charge is -2.08. The highest BCUT2D eigenvalue weighted by molar-refractivity contribution is 6.31. The van der Waals surface area contributed by atoms with Crippen LogP contribution in [0, 0.1) is 0 Å². The fourth-order valence-electron chi connectivity index (χ4n) is 3.20. The number of hydrogen-bond donors (Lipinski definition) is 0. The molecule has 2 aliphatic carbocycles. The van der Waals surface area contributed by atoms with Gasteiger partial charge in [0.25, 0.3) is 0 Å². The lowest BCUT2D eigenvalue weighted by Crippen LogP contribution is -1.99. The summed E-state index contributed by atoms with van der Waals surface area (Å²) in [5, 5.41) is 0.686. The number of benzene rings is 2. The summed E-state index contributed by atoms with van der Waals surface area (Å²) in [7, 11) is 0. The first-order valence-corrected chi connectivity index (χ1v) is 7.48. The molecule has 2 aromatic rings.